The van der Waals surface area contributed by atoms with E-state index in [4.69, 9.17) is 32.3 Å². The molecule has 0 radical (unpaired) electrons. The molecule has 99 heavy (non-hydrogen) atoms. The van der Waals surface area contributed by atoms with Gasteiger partial charge in [-0.1, -0.05) is 289 Å². The van der Waals surface area contributed by atoms with Crippen LogP contribution in [-0.4, -0.2) is 95.9 Å². The minimum atomic E-state index is -4.94. The van der Waals surface area contributed by atoms with Crippen molar-refractivity contribution in [1.29, 1.82) is 0 Å². The molecule has 0 amide bonds. The maximum atomic E-state index is 13.0. The van der Waals surface area contributed by atoms with Crippen molar-refractivity contribution < 1.29 is 75.8 Å². The highest BCUT2D eigenvalue weighted by atomic mass is 31.2. The zero-order valence-electron chi connectivity index (χ0n) is 61.9. The van der Waals surface area contributed by atoms with Gasteiger partial charge in [0.2, 0.25) is 0 Å². The van der Waals surface area contributed by atoms with Crippen LogP contribution in [0.2, 0.25) is 0 Å². The first-order valence-corrected chi connectivity index (χ1v) is 41.5. The minimum Gasteiger partial charge on any atom is -0.463 e. The van der Waals surface area contributed by atoms with Crippen LogP contribution < -0.4 is 0 Å². The molecule has 0 fully saturated rings. The second-order valence-corrected chi connectivity index (χ2v) is 28.3. The summed E-state index contributed by atoms with van der Waals surface area (Å²) in [4.78, 5) is 58.6. The van der Waals surface area contributed by atoms with E-state index in [1.165, 1.54) is 57.8 Å². The number of ether oxygens (including phenoxy) is 3. The maximum Gasteiger partial charge on any atom is 0.472 e. The van der Waals surface area contributed by atoms with Gasteiger partial charge in [0, 0.05) is 19.3 Å². The Morgan fingerprint density at radius 2 is 0.505 bits per heavy atom. The Morgan fingerprint density at radius 1 is 0.283 bits per heavy atom. The third-order valence-corrected chi connectivity index (χ3v) is 17.8. The Kier molecular flexibility index (Phi) is 70.2. The van der Waals surface area contributed by atoms with Crippen molar-refractivity contribution in [3.05, 3.63) is 134 Å². The van der Waals surface area contributed by atoms with E-state index in [0.29, 0.717) is 19.3 Å². The van der Waals surface area contributed by atoms with E-state index in [-0.39, 0.29) is 19.3 Å². The summed E-state index contributed by atoms with van der Waals surface area (Å²) in [5.41, 5.74) is 0. The van der Waals surface area contributed by atoms with Crippen molar-refractivity contribution in [2.45, 2.75) is 322 Å². The molecular formula is C81H138O16P2. The minimum absolute atomic E-state index is 0.0887. The quantitative estimate of drug-likeness (QED) is 0.0146. The van der Waals surface area contributed by atoms with E-state index in [0.717, 1.165) is 186 Å². The first kappa shape index (κ1) is 94.7. The van der Waals surface area contributed by atoms with Crippen LogP contribution in [0.4, 0.5) is 0 Å². The van der Waals surface area contributed by atoms with E-state index in [1.54, 1.807) is 0 Å². The molecular weight excluding hydrogens is 1290 g/mol. The number of carbonyl (C=O) groups excluding carboxylic acids is 3. The van der Waals surface area contributed by atoms with Crippen molar-refractivity contribution >= 4 is 33.6 Å². The van der Waals surface area contributed by atoms with E-state index in [9.17, 15) is 43.5 Å². The van der Waals surface area contributed by atoms with Gasteiger partial charge in [-0.05, 0) is 128 Å². The van der Waals surface area contributed by atoms with Gasteiger partial charge in [0.15, 0.2) is 6.10 Å². The molecule has 16 nitrogen and oxygen atoms in total. The third kappa shape index (κ3) is 74.7. The SMILES string of the molecule is CC/C=C\C/C=C\C/C=C\C/C=C\C/C=C\CCCCCCCCCCCCCCCC(=O)OCC(O)COP(=O)(O)OCC(O)COP(=O)(O)OCC(COC(=O)CCCCCCCCC/C=C\C/C=C\C/C=C\CC)OC(=O)CCCCCCCCC/C=C\C/C=C\C/C=C\CC. The molecule has 5 atom stereocenters. The van der Waals surface area contributed by atoms with Gasteiger partial charge >= 0.3 is 33.6 Å². The average molecular weight is 1430 g/mol. The van der Waals surface area contributed by atoms with Gasteiger partial charge in [0.25, 0.3) is 0 Å². The van der Waals surface area contributed by atoms with E-state index in [1.807, 2.05) is 0 Å². The number of unbranched alkanes of at least 4 members (excludes halogenated alkanes) is 27. The monoisotopic (exact) mass is 1430 g/mol. The highest BCUT2D eigenvalue weighted by molar-refractivity contribution is 7.47. The number of aliphatic hydroxyl groups is 2. The summed E-state index contributed by atoms with van der Waals surface area (Å²) in [6.45, 7) is 2.33. The molecule has 0 aromatic heterocycles. The largest absolute Gasteiger partial charge is 0.472 e. The molecule has 0 heterocycles. The van der Waals surface area contributed by atoms with E-state index >= 15 is 0 Å². The Hall–Kier alpha value is -4.31. The Labute approximate surface area is 601 Å². The zero-order chi connectivity index (χ0) is 72.3. The normalized spacial score (nSPS) is 14.8. The highest BCUT2D eigenvalue weighted by Crippen LogP contribution is 2.45. The van der Waals surface area contributed by atoms with Gasteiger partial charge in [-0.25, -0.2) is 9.13 Å². The Bertz CT molecular complexity index is 2330. The number of rotatable bonds is 72. The smallest absolute Gasteiger partial charge is 0.463 e. The standard InChI is InChI=1S/C81H138O16P2/c1-4-7-10-13-16-19-22-25-28-31-32-33-34-35-36-37-38-39-40-41-42-45-47-49-52-55-58-61-64-67-79(84)91-70-76(82)71-93-98(87,88)94-72-77(83)73-95-99(89,90)96-75-78(97-81(86)69-66-63-60-57-54-51-48-44-30-27-24-21-18-15-12-9-6-3)74-92-80(85)68-65-62-59-56-53-50-46-43-29-26-23-20-17-14-11-8-5-2/h7-12,16-21,25-30,32-33,35-36,76-78,82-83H,4-6,13-15,22-24,31,34,37-75H2,1-3H3,(H,87,88)(H,89,90)/b10-7-,11-8-,12-9-,19-16-,20-17-,21-18-,28-25-,29-26-,30-27-,33-32-,36-35-. The number of esters is 3. The van der Waals surface area contributed by atoms with Crippen LogP contribution in [0, 0.1) is 0 Å². The molecule has 0 saturated heterocycles. The molecule has 0 aromatic carbocycles. The second kappa shape index (κ2) is 73.4. The van der Waals surface area contributed by atoms with Crippen LogP contribution in [0.3, 0.4) is 0 Å². The Morgan fingerprint density at radius 3 is 0.798 bits per heavy atom. The van der Waals surface area contributed by atoms with Crippen molar-refractivity contribution in [3.63, 3.8) is 0 Å². The van der Waals surface area contributed by atoms with Crippen LogP contribution >= 0.6 is 15.6 Å². The molecule has 0 aliphatic rings. The number of hydrogen-bond donors (Lipinski definition) is 4. The summed E-state index contributed by atoms with van der Waals surface area (Å²) in [7, 11) is -9.79. The lowest BCUT2D eigenvalue weighted by atomic mass is 10.0. The maximum absolute atomic E-state index is 13.0. The third-order valence-electron chi connectivity index (χ3n) is 15.9. The van der Waals surface area contributed by atoms with Gasteiger partial charge in [-0.3, -0.25) is 32.5 Å². The number of hydrogen-bond acceptors (Lipinski definition) is 14. The van der Waals surface area contributed by atoms with Crippen molar-refractivity contribution in [1.82, 2.24) is 0 Å². The molecule has 0 aliphatic carbocycles. The number of aliphatic hydroxyl groups excluding tert-OH is 2. The number of allylic oxidation sites excluding steroid dienone is 22. The average Bonchev–Trinajstić information content (AvgIpc) is 2.18. The fourth-order valence-electron chi connectivity index (χ4n) is 10.1. The molecule has 18 heteroatoms. The lowest BCUT2D eigenvalue weighted by Crippen LogP contribution is -2.30. The topological polar surface area (TPSA) is 231 Å². The van der Waals surface area contributed by atoms with Crippen molar-refractivity contribution in [2.24, 2.45) is 0 Å². The number of phosphoric acid groups is 2. The first-order valence-electron chi connectivity index (χ1n) is 38.5. The van der Waals surface area contributed by atoms with Crippen LogP contribution in [0.5, 0.6) is 0 Å². The van der Waals surface area contributed by atoms with E-state index < -0.39 is 91.5 Å². The van der Waals surface area contributed by atoms with Gasteiger partial charge in [0.1, 0.15) is 25.4 Å². The van der Waals surface area contributed by atoms with Gasteiger partial charge in [0.05, 0.1) is 26.4 Å². The predicted octanol–water partition coefficient (Wildman–Crippen LogP) is 22.3. The van der Waals surface area contributed by atoms with Gasteiger partial charge in [-0.2, -0.15) is 0 Å². The summed E-state index contributed by atoms with van der Waals surface area (Å²) < 4.78 is 61.1. The highest BCUT2D eigenvalue weighted by Gasteiger charge is 2.29. The molecule has 5 unspecified atom stereocenters. The molecule has 568 valence electrons. The van der Waals surface area contributed by atoms with Gasteiger partial charge < -0.3 is 34.2 Å². The molecule has 0 spiro atoms. The summed E-state index contributed by atoms with van der Waals surface area (Å²) in [6, 6.07) is 0. The van der Waals surface area contributed by atoms with Crippen LogP contribution in [0.25, 0.3) is 0 Å². The molecule has 0 aliphatic heterocycles. The summed E-state index contributed by atoms with van der Waals surface area (Å²) >= 11 is 0. The number of phosphoric ester groups is 2. The molecule has 0 rings (SSSR count). The molecule has 0 aromatic rings. The molecule has 0 bridgehead atoms. The summed E-state index contributed by atoms with van der Waals surface area (Å²) in [5, 5.41) is 20.6. The Balaban J connectivity index is 4.53. The lowest BCUT2D eigenvalue weighted by Gasteiger charge is -2.21. The first-order chi connectivity index (χ1) is 48.2. The second-order valence-electron chi connectivity index (χ2n) is 25.4. The van der Waals surface area contributed by atoms with Crippen LogP contribution in [-0.2, 0) is 55.8 Å². The summed E-state index contributed by atoms with van der Waals surface area (Å²) in [6.07, 6.45) is 87.8. The molecule has 0 saturated carbocycles. The zero-order valence-corrected chi connectivity index (χ0v) is 63.7. The molecule has 4 N–H and O–H groups in total. The summed E-state index contributed by atoms with van der Waals surface area (Å²) in [5.74, 6) is -1.60. The fraction of sp³-hybridized carbons (Fsp3) is 0.691. The van der Waals surface area contributed by atoms with Crippen LogP contribution in [0.1, 0.15) is 303 Å². The fourth-order valence-corrected chi connectivity index (χ4v) is 11.7. The van der Waals surface area contributed by atoms with Crippen molar-refractivity contribution in [2.75, 3.05) is 39.6 Å². The van der Waals surface area contributed by atoms with Crippen molar-refractivity contribution in [3.8, 4) is 0 Å². The van der Waals surface area contributed by atoms with Gasteiger partial charge in [-0.15, -0.1) is 0 Å². The van der Waals surface area contributed by atoms with Crippen LogP contribution in [0.15, 0.2) is 134 Å². The lowest BCUT2D eigenvalue weighted by molar-refractivity contribution is -0.161. The number of carbonyl (C=O) groups is 3. The predicted molar refractivity (Wildman–Crippen MR) is 408 cm³/mol. The van der Waals surface area contributed by atoms with E-state index in [2.05, 4.69) is 154 Å².